The second-order valence-electron chi connectivity index (χ2n) is 3.60. The predicted molar refractivity (Wildman–Crippen MR) is 70.6 cm³/mol. The predicted octanol–water partition coefficient (Wildman–Crippen LogP) is 2.50. The highest BCUT2D eigenvalue weighted by molar-refractivity contribution is 9.10. The number of aliphatic imine (C=N–C) groups is 1. The van der Waals surface area contributed by atoms with Crippen LogP contribution < -0.4 is 16.6 Å². The molecule has 4 nitrogen and oxygen atoms in total. The molecule has 86 valence electrons. The number of nitrogens with two attached hydrogens (primary N) is 1. The summed E-state index contributed by atoms with van der Waals surface area (Å²) in [5.74, 6) is 5.97. The third-order valence-corrected chi connectivity index (χ3v) is 3.07. The Morgan fingerprint density at radius 1 is 1.50 bits per heavy atom. The van der Waals surface area contributed by atoms with E-state index in [0.29, 0.717) is 17.0 Å². The molecule has 1 saturated carbocycles. The second kappa shape index (κ2) is 5.03. The molecule has 1 fully saturated rings. The molecule has 0 aliphatic heterocycles. The lowest BCUT2D eigenvalue weighted by Crippen LogP contribution is -2.36. The van der Waals surface area contributed by atoms with Crippen LogP contribution in [0.5, 0.6) is 0 Å². The maximum absolute atomic E-state index is 5.85. The van der Waals surface area contributed by atoms with Crippen LogP contribution in [0.4, 0.5) is 5.69 Å². The monoisotopic (exact) mass is 302 g/mol. The van der Waals surface area contributed by atoms with E-state index in [9.17, 15) is 0 Å². The minimum atomic E-state index is 0.407. The molecule has 0 atom stereocenters. The standard InChI is InChI=1S/C10H12BrClN4/c11-8-5-6(12)1-4-9(8)15-10(16-13)14-7-2-3-7/h1,4-5,7H,2-3,13H2,(H2,14,15,16). The van der Waals surface area contributed by atoms with Gasteiger partial charge in [0.05, 0.1) is 11.7 Å². The molecule has 1 aromatic carbocycles. The average molecular weight is 304 g/mol. The van der Waals surface area contributed by atoms with Crippen molar-refractivity contribution < 1.29 is 0 Å². The molecule has 1 aliphatic rings. The van der Waals surface area contributed by atoms with Gasteiger partial charge < -0.3 is 5.32 Å². The molecule has 4 N–H and O–H groups in total. The summed E-state index contributed by atoms with van der Waals surface area (Å²) >= 11 is 9.27. The van der Waals surface area contributed by atoms with E-state index in [-0.39, 0.29) is 0 Å². The van der Waals surface area contributed by atoms with Crippen molar-refractivity contribution in [1.82, 2.24) is 5.43 Å². The Balaban J connectivity index is 2.12. The van der Waals surface area contributed by atoms with E-state index in [1.165, 1.54) is 0 Å². The molecule has 0 heterocycles. The highest BCUT2D eigenvalue weighted by Crippen LogP contribution is 2.27. The van der Waals surface area contributed by atoms with Crippen LogP contribution in [0.25, 0.3) is 0 Å². The number of hydrogen-bond donors (Lipinski definition) is 3. The van der Waals surface area contributed by atoms with Crippen LogP contribution in [0.1, 0.15) is 12.8 Å². The molecule has 2 rings (SSSR count). The van der Waals surface area contributed by atoms with E-state index < -0.39 is 0 Å². The molecular weight excluding hydrogens is 291 g/mol. The van der Waals surface area contributed by atoms with Crippen LogP contribution in [0.3, 0.4) is 0 Å². The van der Waals surface area contributed by atoms with Gasteiger partial charge in [-0.25, -0.2) is 10.8 Å². The molecule has 0 spiro atoms. The van der Waals surface area contributed by atoms with Crippen LogP contribution in [0, 0.1) is 0 Å². The van der Waals surface area contributed by atoms with Gasteiger partial charge in [-0.2, -0.15) is 0 Å². The van der Waals surface area contributed by atoms with Crippen molar-refractivity contribution in [3.63, 3.8) is 0 Å². The summed E-state index contributed by atoms with van der Waals surface area (Å²) < 4.78 is 0.874. The number of rotatable bonds is 2. The fourth-order valence-corrected chi connectivity index (χ4v) is 1.99. The zero-order valence-corrected chi connectivity index (χ0v) is 10.8. The highest BCUT2D eigenvalue weighted by atomic mass is 79.9. The Morgan fingerprint density at radius 3 is 2.81 bits per heavy atom. The van der Waals surface area contributed by atoms with E-state index in [1.54, 1.807) is 6.07 Å². The molecule has 0 bridgehead atoms. The number of nitrogens with one attached hydrogen (secondary N) is 2. The zero-order chi connectivity index (χ0) is 11.5. The van der Waals surface area contributed by atoms with Gasteiger partial charge in [0.1, 0.15) is 0 Å². The molecule has 0 amide bonds. The number of nitrogens with zero attached hydrogens (tertiary/aromatic N) is 1. The summed E-state index contributed by atoms with van der Waals surface area (Å²) in [7, 11) is 0. The first-order valence-electron chi connectivity index (χ1n) is 4.95. The molecule has 0 saturated heterocycles. The number of anilines is 1. The number of hydrogen-bond acceptors (Lipinski definition) is 2. The van der Waals surface area contributed by atoms with Gasteiger partial charge in [-0.15, -0.1) is 0 Å². The van der Waals surface area contributed by atoms with Crippen molar-refractivity contribution in [2.75, 3.05) is 5.32 Å². The minimum absolute atomic E-state index is 0.407. The molecule has 16 heavy (non-hydrogen) atoms. The average Bonchev–Trinajstić information content (AvgIpc) is 3.04. The van der Waals surface area contributed by atoms with Gasteiger partial charge >= 0.3 is 0 Å². The van der Waals surface area contributed by atoms with Gasteiger partial charge in [-0.3, -0.25) is 5.43 Å². The molecule has 6 heteroatoms. The maximum Gasteiger partial charge on any atom is 0.210 e. The highest BCUT2D eigenvalue weighted by Gasteiger charge is 2.21. The molecule has 1 aromatic rings. The first-order chi connectivity index (χ1) is 7.69. The van der Waals surface area contributed by atoms with E-state index in [4.69, 9.17) is 17.4 Å². The molecular formula is C10H12BrClN4. The second-order valence-corrected chi connectivity index (χ2v) is 4.89. The third kappa shape index (κ3) is 3.10. The summed E-state index contributed by atoms with van der Waals surface area (Å²) in [6.45, 7) is 0. The van der Waals surface area contributed by atoms with Crippen molar-refractivity contribution in [2.24, 2.45) is 10.8 Å². The molecule has 0 unspecified atom stereocenters. The summed E-state index contributed by atoms with van der Waals surface area (Å²) in [6, 6.07) is 5.89. The summed E-state index contributed by atoms with van der Waals surface area (Å²) in [5.41, 5.74) is 3.43. The van der Waals surface area contributed by atoms with Gasteiger partial charge in [-0.05, 0) is 47.0 Å². The van der Waals surface area contributed by atoms with Gasteiger partial charge in [0, 0.05) is 9.50 Å². The maximum atomic E-state index is 5.85. The van der Waals surface area contributed by atoms with Gasteiger partial charge in [0.15, 0.2) is 0 Å². The van der Waals surface area contributed by atoms with E-state index in [2.05, 4.69) is 31.7 Å². The Morgan fingerprint density at radius 2 is 2.25 bits per heavy atom. The smallest absolute Gasteiger partial charge is 0.210 e. The minimum Gasteiger partial charge on any atom is -0.324 e. The fraction of sp³-hybridized carbons (Fsp3) is 0.300. The normalized spacial score (nSPS) is 16.1. The van der Waals surface area contributed by atoms with Crippen LogP contribution in [-0.2, 0) is 0 Å². The molecule has 1 aliphatic carbocycles. The third-order valence-electron chi connectivity index (χ3n) is 2.18. The Bertz CT molecular complexity index is 417. The van der Waals surface area contributed by atoms with Gasteiger partial charge in [-0.1, -0.05) is 11.6 Å². The van der Waals surface area contributed by atoms with E-state index >= 15 is 0 Å². The quantitative estimate of drug-likeness (QED) is 0.340. The lowest BCUT2D eigenvalue weighted by atomic mass is 10.3. The summed E-state index contributed by atoms with van der Waals surface area (Å²) in [6.07, 6.45) is 2.27. The topological polar surface area (TPSA) is 62.4 Å². The van der Waals surface area contributed by atoms with Crippen molar-refractivity contribution in [2.45, 2.75) is 18.9 Å². The Kier molecular flexibility index (Phi) is 3.68. The number of benzene rings is 1. The SMILES string of the molecule is NNC(=NC1CC1)Nc1ccc(Cl)cc1Br. The molecule has 0 aromatic heterocycles. The largest absolute Gasteiger partial charge is 0.324 e. The zero-order valence-electron chi connectivity index (χ0n) is 8.50. The van der Waals surface area contributed by atoms with E-state index in [0.717, 1.165) is 23.0 Å². The Hall–Kier alpha value is -0.780. The number of hydrazine groups is 1. The first-order valence-corrected chi connectivity index (χ1v) is 6.12. The van der Waals surface area contributed by atoms with Gasteiger partial charge in [0.25, 0.3) is 0 Å². The number of halogens is 2. The van der Waals surface area contributed by atoms with Gasteiger partial charge in [0.2, 0.25) is 5.96 Å². The Labute approximate surface area is 107 Å². The van der Waals surface area contributed by atoms with Crippen LogP contribution in [0.15, 0.2) is 27.7 Å². The van der Waals surface area contributed by atoms with Crippen LogP contribution >= 0.6 is 27.5 Å². The summed E-state index contributed by atoms with van der Waals surface area (Å²) in [4.78, 5) is 4.38. The van der Waals surface area contributed by atoms with Crippen LogP contribution in [0.2, 0.25) is 5.02 Å². The fourth-order valence-electron chi connectivity index (χ4n) is 1.21. The lowest BCUT2D eigenvalue weighted by molar-refractivity contribution is 0.966. The first kappa shape index (κ1) is 11.7. The summed E-state index contributed by atoms with van der Waals surface area (Å²) in [5, 5.41) is 3.78. The molecule has 0 radical (unpaired) electrons. The van der Waals surface area contributed by atoms with Crippen LogP contribution in [-0.4, -0.2) is 12.0 Å². The van der Waals surface area contributed by atoms with E-state index in [1.807, 2.05) is 12.1 Å². The number of guanidine groups is 1. The van der Waals surface area contributed by atoms with Crippen molar-refractivity contribution in [3.05, 3.63) is 27.7 Å². The van der Waals surface area contributed by atoms with Crippen molar-refractivity contribution >= 4 is 39.2 Å². The van der Waals surface area contributed by atoms with Crippen molar-refractivity contribution in [3.8, 4) is 0 Å². The van der Waals surface area contributed by atoms with Crippen molar-refractivity contribution in [1.29, 1.82) is 0 Å². The lowest BCUT2D eigenvalue weighted by Gasteiger charge is -2.10.